The molecule has 3 rings (SSSR count). The van der Waals surface area contributed by atoms with Crippen LogP contribution in [0.25, 0.3) is 23.1 Å². The summed E-state index contributed by atoms with van der Waals surface area (Å²) in [5.41, 5.74) is 3.76. The van der Waals surface area contributed by atoms with Crippen molar-refractivity contribution >= 4 is 70.1 Å². The SMILES string of the molecule is CN(C)C(=O)CCSC(SCCC(=O)[O-])c1cccc(C=Cc2ccc3ccc(Cl)cc3n2)c1.O.[Na+]. The molecule has 1 unspecified atom stereocenters. The first-order valence-electron chi connectivity index (χ1n) is 10.8. The van der Waals surface area contributed by atoms with Crippen molar-refractivity contribution in [1.29, 1.82) is 0 Å². The van der Waals surface area contributed by atoms with Crippen molar-refractivity contribution in [2.24, 2.45) is 0 Å². The number of carboxylic acids is 1. The van der Waals surface area contributed by atoms with E-state index in [4.69, 9.17) is 11.6 Å². The minimum Gasteiger partial charge on any atom is -0.550 e. The minimum atomic E-state index is -1.06. The topological polar surface area (TPSA) is 105 Å². The first kappa shape index (κ1) is 32.5. The largest absolute Gasteiger partial charge is 1.00 e. The average Bonchev–Trinajstić information content (AvgIpc) is 2.81. The van der Waals surface area contributed by atoms with Crippen LogP contribution in [0, 0.1) is 0 Å². The summed E-state index contributed by atoms with van der Waals surface area (Å²) in [6, 6.07) is 17.8. The molecule has 0 aliphatic carbocycles. The average molecular weight is 555 g/mol. The number of fused-ring (bicyclic) bond motifs is 1. The molecule has 36 heavy (non-hydrogen) atoms. The van der Waals surface area contributed by atoms with Gasteiger partial charge in [0.2, 0.25) is 5.91 Å². The van der Waals surface area contributed by atoms with Gasteiger partial charge in [0.25, 0.3) is 0 Å². The van der Waals surface area contributed by atoms with Crippen LogP contribution in [-0.2, 0) is 9.59 Å². The Hall–Kier alpha value is -1.52. The van der Waals surface area contributed by atoms with Crippen LogP contribution in [0.3, 0.4) is 0 Å². The summed E-state index contributed by atoms with van der Waals surface area (Å²) in [6.07, 6.45) is 4.40. The van der Waals surface area contributed by atoms with E-state index in [-0.39, 0.29) is 51.9 Å². The molecule has 10 heteroatoms. The second-order valence-electron chi connectivity index (χ2n) is 7.81. The Morgan fingerprint density at radius 3 is 2.42 bits per heavy atom. The normalized spacial score (nSPS) is 11.5. The first-order chi connectivity index (χ1) is 16.3. The molecule has 0 aliphatic rings. The zero-order valence-corrected chi connectivity index (χ0v) is 25.0. The fourth-order valence-electron chi connectivity index (χ4n) is 3.16. The molecule has 0 bridgehead atoms. The van der Waals surface area contributed by atoms with Gasteiger partial charge in [-0.1, -0.05) is 48.0 Å². The van der Waals surface area contributed by atoms with Crippen molar-refractivity contribution in [3.8, 4) is 0 Å². The Labute approximate surface area is 247 Å². The number of carbonyl (C=O) groups excluding carboxylic acids is 2. The molecule has 0 fully saturated rings. The van der Waals surface area contributed by atoms with Crippen LogP contribution in [-0.4, -0.2) is 52.8 Å². The molecule has 1 heterocycles. The number of aliphatic carboxylic acids is 1. The molecule has 2 N–H and O–H groups in total. The van der Waals surface area contributed by atoms with E-state index in [1.165, 1.54) is 0 Å². The molecular weight excluding hydrogens is 527 g/mol. The Kier molecular flexibility index (Phi) is 14.8. The van der Waals surface area contributed by atoms with Gasteiger partial charge in [-0.25, -0.2) is 4.98 Å². The molecular formula is C26H28ClN2NaO4S2. The maximum atomic E-state index is 11.9. The van der Waals surface area contributed by atoms with Crippen LogP contribution in [0.2, 0.25) is 5.02 Å². The van der Waals surface area contributed by atoms with Crippen LogP contribution < -0.4 is 34.7 Å². The molecule has 0 aliphatic heterocycles. The molecule has 1 amide bonds. The Bertz CT molecular complexity index is 1190. The molecule has 0 radical (unpaired) electrons. The van der Waals surface area contributed by atoms with Crippen LogP contribution >= 0.6 is 35.1 Å². The molecule has 0 spiro atoms. The molecule has 6 nitrogen and oxygen atoms in total. The van der Waals surface area contributed by atoms with Crippen molar-refractivity contribution in [3.05, 3.63) is 76.4 Å². The van der Waals surface area contributed by atoms with E-state index in [9.17, 15) is 14.7 Å². The number of benzene rings is 2. The third-order valence-corrected chi connectivity index (χ3v) is 8.05. The Morgan fingerprint density at radius 1 is 1.03 bits per heavy atom. The maximum absolute atomic E-state index is 11.9. The van der Waals surface area contributed by atoms with Crippen LogP contribution in [0.5, 0.6) is 0 Å². The zero-order chi connectivity index (χ0) is 24.5. The van der Waals surface area contributed by atoms with Gasteiger partial charge in [0.15, 0.2) is 0 Å². The van der Waals surface area contributed by atoms with Crippen LogP contribution in [0.4, 0.5) is 0 Å². The number of rotatable bonds is 11. The van der Waals surface area contributed by atoms with Crippen LogP contribution in [0.1, 0.15) is 34.2 Å². The molecule has 0 saturated carbocycles. The Morgan fingerprint density at radius 2 is 1.72 bits per heavy atom. The monoisotopic (exact) mass is 554 g/mol. The third-order valence-electron chi connectivity index (χ3n) is 4.96. The van der Waals surface area contributed by atoms with Gasteiger partial charge < -0.3 is 20.3 Å². The van der Waals surface area contributed by atoms with Crippen molar-refractivity contribution in [1.82, 2.24) is 9.88 Å². The summed E-state index contributed by atoms with van der Waals surface area (Å²) >= 11 is 9.30. The Balaban J connectivity index is 0.00000324. The predicted molar refractivity (Wildman–Crippen MR) is 146 cm³/mol. The van der Waals surface area contributed by atoms with E-state index >= 15 is 0 Å². The van der Waals surface area contributed by atoms with Gasteiger partial charge in [-0.15, -0.1) is 23.5 Å². The van der Waals surface area contributed by atoms with Gasteiger partial charge in [-0.05, 0) is 53.6 Å². The smallest absolute Gasteiger partial charge is 0.550 e. The van der Waals surface area contributed by atoms with Gasteiger partial charge in [0, 0.05) is 42.6 Å². The number of carbonyl (C=O) groups is 2. The van der Waals surface area contributed by atoms with E-state index in [1.807, 2.05) is 60.7 Å². The van der Waals surface area contributed by atoms with E-state index in [2.05, 4.69) is 11.1 Å². The maximum Gasteiger partial charge on any atom is 1.00 e. The third kappa shape index (κ3) is 10.5. The summed E-state index contributed by atoms with van der Waals surface area (Å²) in [5, 5.41) is 12.6. The standard InChI is InChI=1S/C26H27ClN2O3S2.Na.H2O/c1-29(2)24(30)12-14-33-26(34-15-13-25(31)32)20-5-3-4-18(16-20)6-10-22-11-8-19-7-9-21(27)17-23(19)28-22;;/h3-11,16-17,26H,12-15H2,1-2H3,(H,31,32);;1H2/q;+1;/p-1. The second kappa shape index (κ2) is 16.3. The van der Waals surface area contributed by atoms with E-state index in [1.54, 1.807) is 42.5 Å². The van der Waals surface area contributed by atoms with Crippen molar-refractivity contribution in [2.45, 2.75) is 17.4 Å². The number of carboxylic acid groups (broad SMARTS) is 1. The van der Waals surface area contributed by atoms with Crippen LogP contribution in [0.15, 0.2) is 54.6 Å². The number of pyridine rings is 1. The fourth-order valence-corrected chi connectivity index (χ4v) is 5.97. The summed E-state index contributed by atoms with van der Waals surface area (Å²) in [6.45, 7) is 0. The summed E-state index contributed by atoms with van der Waals surface area (Å²) < 4.78 is 0.0172. The number of thioether (sulfide) groups is 2. The van der Waals surface area contributed by atoms with Gasteiger partial charge >= 0.3 is 29.6 Å². The van der Waals surface area contributed by atoms with E-state index in [0.717, 1.165) is 27.7 Å². The molecule has 186 valence electrons. The van der Waals surface area contributed by atoms with Crippen molar-refractivity contribution < 1.29 is 49.7 Å². The number of hydrogen-bond donors (Lipinski definition) is 0. The quantitative estimate of drug-likeness (QED) is 0.261. The molecule has 2 aromatic carbocycles. The fraction of sp³-hybridized carbons (Fsp3) is 0.269. The number of halogens is 1. The minimum absolute atomic E-state index is 0. The summed E-state index contributed by atoms with van der Waals surface area (Å²) in [7, 11) is 3.49. The molecule has 3 aromatic rings. The number of amides is 1. The zero-order valence-electron chi connectivity index (χ0n) is 20.6. The summed E-state index contributed by atoms with van der Waals surface area (Å²) in [5.74, 6) is 0.126. The number of nitrogens with zero attached hydrogens (tertiary/aromatic N) is 2. The van der Waals surface area contributed by atoms with E-state index in [0.29, 0.717) is 22.9 Å². The summed E-state index contributed by atoms with van der Waals surface area (Å²) in [4.78, 5) is 29.0. The second-order valence-corrected chi connectivity index (χ2v) is 11.0. The number of hydrogen-bond acceptors (Lipinski definition) is 6. The van der Waals surface area contributed by atoms with Crippen molar-refractivity contribution in [3.63, 3.8) is 0 Å². The van der Waals surface area contributed by atoms with Gasteiger partial charge in [-0.2, -0.15) is 0 Å². The van der Waals surface area contributed by atoms with Gasteiger partial charge in [-0.3, -0.25) is 4.79 Å². The van der Waals surface area contributed by atoms with Crippen molar-refractivity contribution in [2.75, 3.05) is 25.6 Å². The molecule has 0 saturated heterocycles. The molecule has 1 aromatic heterocycles. The first-order valence-corrected chi connectivity index (χ1v) is 13.3. The number of aromatic nitrogens is 1. The van der Waals surface area contributed by atoms with Gasteiger partial charge in [0.05, 0.1) is 15.8 Å². The molecule has 1 atom stereocenters. The predicted octanol–water partition coefficient (Wildman–Crippen LogP) is 1.32. The van der Waals surface area contributed by atoms with Gasteiger partial charge in [0.1, 0.15) is 0 Å². The van der Waals surface area contributed by atoms with E-state index < -0.39 is 5.97 Å².